The van der Waals surface area contributed by atoms with Gasteiger partial charge in [0.2, 0.25) is 0 Å². The van der Waals surface area contributed by atoms with Crippen LogP contribution in [0.2, 0.25) is 0 Å². The van der Waals surface area contributed by atoms with Crippen LogP contribution in [0.5, 0.6) is 0 Å². The third-order valence-corrected chi connectivity index (χ3v) is 4.72. The molecule has 0 spiro atoms. The third-order valence-electron chi connectivity index (χ3n) is 2.38. The van der Waals surface area contributed by atoms with Crippen LogP contribution in [0.25, 0.3) is 0 Å². The minimum absolute atomic E-state index is 0.136. The van der Waals surface area contributed by atoms with Gasteiger partial charge in [-0.15, -0.1) is 11.3 Å². The van der Waals surface area contributed by atoms with Crippen molar-refractivity contribution >= 4 is 49.0 Å². The Morgan fingerprint density at radius 1 is 1.53 bits per heavy atom. The number of ketones is 1. The van der Waals surface area contributed by atoms with Crippen molar-refractivity contribution in [2.24, 2.45) is 0 Å². The van der Waals surface area contributed by atoms with Gasteiger partial charge in [0.1, 0.15) is 0 Å². The van der Waals surface area contributed by atoms with Crippen LogP contribution in [-0.2, 0) is 4.74 Å². The molecule has 17 heavy (non-hydrogen) atoms. The largest absolute Gasteiger partial charge is 0.383 e. The number of rotatable bonds is 7. The molecule has 0 aliphatic rings. The minimum atomic E-state index is 0.136. The van der Waals surface area contributed by atoms with Crippen LogP contribution in [0.15, 0.2) is 13.6 Å². The lowest BCUT2D eigenvalue weighted by molar-refractivity contribution is 0.0902. The van der Waals surface area contributed by atoms with Crippen molar-refractivity contribution in [1.29, 1.82) is 0 Å². The summed E-state index contributed by atoms with van der Waals surface area (Å²) in [6.07, 6.45) is 0. The van der Waals surface area contributed by atoms with Gasteiger partial charge in [0.15, 0.2) is 5.78 Å². The first-order chi connectivity index (χ1) is 8.08. The van der Waals surface area contributed by atoms with Gasteiger partial charge in [-0.05, 0) is 44.5 Å². The van der Waals surface area contributed by atoms with Gasteiger partial charge in [0.25, 0.3) is 0 Å². The van der Waals surface area contributed by atoms with E-state index in [-0.39, 0.29) is 5.78 Å². The van der Waals surface area contributed by atoms with Crippen molar-refractivity contribution in [3.05, 3.63) is 19.2 Å². The molecule has 6 heteroatoms. The molecule has 0 amide bonds. The predicted molar refractivity (Wildman–Crippen MR) is 78.0 cm³/mol. The lowest BCUT2D eigenvalue weighted by atomic mass is 10.2. The van der Waals surface area contributed by atoms with Crippen LogP contribution in [0, 0.1) is 0 Å². The van der Waals surface area contributed by atoms with E-state index >= 15 is 0 Å². The number of Topliss-reactive ketones (excluding diaryl/α,β-unsaturated/α-hetero) is 1. The van der Waals surface area contributed by atoms with Gasteiger partial charge in [0.05, 0.1) is 20.7 Å². The smallest absolute Gasteiger partial charge is 0.178 e. The van der Waals surface area contributed by atoms with Crippen molar-refractivity contribution < 1.29 is 9.53 Å². The second-order valence-electron chi connectivity index (χ2n) is 3.52. The highest BCUT2D eigenvalue weighted by Crippen LogP contribution is 2.32. The van der Waals surface area contributed by atoms with E-state index < -0.39 is 0 Å². The summed E-state index contributed by atoms with van der Waals surface area (Å²) in [6.45, 7) is 4.75. The maximum atomic E-state index is 12.1. The molecule has 0 aliphatic carbocycles. The van der Waals surface area contributed by atoms with Gasteiger partial charge in [0, 0.05) is 19.2 Å². The number of halogens is 2. The predicted octanol–water partition coefficient (Wildman–Crippen LogP) is 3.42. The summed E-state index contributed by atoms with van der Waals surface area (Å²) in [5, 5.41) is 0. The molecule has 3 nitrogen and oxygen atoms in total. The summed E-state index contributed by atoms with van der Waals surface area (Å²) >= 11 is 8.31. The van der Waals surface area contributed by atoms with E-state index in [1.54, 1.807) is 7.11 Å². The first-order valence-electron chi connectivity index (χ1n) is 5.27. The van der Waals surface area contributed by atoms with Crippen molar-refractivity contribution in [2.45, 2.75) is 6.92 Å². The van der Waals surface area contributed by atoms with Gasteiger partial charge in [-0.25, -0.2) is 0 Å². The first kappa shape index (κ1) is 15.3. The van der Waals surface area contributed by atoms with E-state index in [9.17, 15) is 4.79 Å². The molecule has 0 saturated carbocycles. The van der Waals surface area contributed by atoms with Crippen LogP contribution < -0.4 is 0 Å². The fourth-order valence-electron chi connectivity index (χ4n) is 1.39. The molecule has 0 fully saturated rings. The van der Waals surface area contributed by atoms with Crippen LogP contribution in [0.1, 0.15) is 17.3 Å². The van der Waals surface area contributed by atoms with Crippen LogP contribution >= 0.6 is 43.2 Å². The maximum absolute atomic E-state index is 12.1. The Morgan fingerprint density at radius 2 is 2.24 bits per heavy atom. The Bertz CT molecular complexity index is 382. The fourth-order valence-corrected chi connectivity index (χ4v) is 4.24. The van der Waals surface area contributed by atoms with Crippen molar-refractivity contribution in [1.82, 2.24) is 4.90 Å². The second kappa shape index (κ2) is 7.63. The molecule has 0 N–H and O–H groups in total. The summed E-state index contributed by atoms with van der Waals surface area (Å²) in [4.78, 5) is 14.2. The molecule has 0 radical (unpaired) electrons. The summed E-state index contributed by atoms with van der Waals surface area (Å²) in [5.74, 6) is 0.136. The average molecular weight is 385 g/mol. The highest BCUT2D eigenvalue weighted by atomic mass is 79.9. The molecule has 0 atom stereocenters. The highest BCUT2D eigenvalue weighted by Gasteiger charge is 2.16. The molecule has 1 heterocycles. The fraction of sp³-hybridized carbons (Fsp3) is 0.545. The van der Waals surface area contributed by atoms with E-state index in [0.29, 0.717) is 13.2 Å². The van der Waals surface area contributed by atoms with Crippen molar-refractivity contribution in [2.75, 3.05) is 33.4 Å². The first-order valence-corrected chi connectivity index (χ1v) is 7.68. The van der Waals surface area contributed by atoms with E-state index in [4.69, 9.17) is 4.74 Å². The Labute approximate surface area is 122 Å². The van der Waals surface area contributed by atoms with E-state index in [0.717, 1.165) is 26.2 Å². The van der Waals surface area contributed by atoms with Gasteiger partial charge in [-0.3, -0.25) is 9.69 Å². The Morgan fingerprint density at radius 3 is 2.71 bits per heavy atom. The van der Waals surface area contributed by atoms with Crippen molar-refractivity contribution in [3.63, 3.8) is 0 Å². The molecular weight excluding hydrogens is 370 g/mol. The summed E-state index contributed by atoms with van der Waals surface area (Å²) in [5.41, 5.74) is 0.748. The Balaban J connectivity index is 2.61. The molecule has 1 rings (SSSR count). The number of methoxy groups -OCH3 is 1. The normalized spacial score (nSPS) is 11.1. The topological polar surface area (TPSA) is 29.5 Å². The maximum Gasteiger partial charge on any atom is 0.178 e. The number of ether oxygens (including phenoxy) is 1. The number of nitrogens with zero attached hydrogens (tertiary/aromatic N) is 1. The van der Waals surface area contributed by atoms with E-state index in [2.05, 4.69) is 36.8 Å². The summed E-state index contributed by atoms with van der Waals surface area (Å²) in [6, 6.07) is 1.86. The number of carbonyl (C=O) groups excluding carboxylic acids is 1. The SMILES string of the molecule is CCN(CCOC)CC(=O)c1cc(Br)sc1Br. The van der Waals surface area contributed by atoms with Crippen LogP contribution in [0.4, 0.5) is 0 Å². The molecular formula is C11H15Br2NO2S. The Kier molecular flexibility index (Phi) is 6.87. The average Bonchev–Trinajstić information content (AvgIpc) is 2.63. The molecule has 0 aromatic carbocycles. The molecule has 96 valence electrons. The van der Waals surface area contributed by atoms with Gasteiger partial charge < -0.3 is 4.74 Å². The van der Waals surface area contributed by atoms with Crippen LogP contribution in [0.3, 0.4) is 0 Å². The second-order valence-corrected chi connectivity index (χ2v) is 7.27. The molecule has 0 unspecified atom stereocenters. The Hall–Kier alpha value is 0.250. The number of hydrogen-bond donors (Lipinski definition) is 0. The molecule has 1 aromatic rings. The summed E-state index contributed by atoms with van der Waals surface area (Å²) in [7, 11) is 1.67. The monoisotopic (exact) mass is 383 g/mol. The summed E-state index contributed by atoms with van der Waals surface area (Å²) < 4.78 is 6.87. The van der Waals surface area contributed by atoms with Crippen LogP contribution in [-0.4, -0.2) is 44.0 Å². The van der Waals surface area contributed by atoms with Gasteiger partial charge in [-0.1, -0.05) is 6.92 Å². The number of hydrogen-bond acceptors (Lipinski definition) is 4. The molecule has 0 bridgehead atoms. The number of carbonyl (C=O) groups is 1. The van der Waals surface area contributed by atoms with Gasteiger partial charge in [-0.2, -0.15) is 0 Å². The molecule has 0 aliphatic heterocycles. The number of likely N-dealkylation sites (N-methyl/N-ethyl adjacent to an activating group) is 1. The van der Waals surface area contributed by atoms with Gasteiger partial charge >= 0.3 is 0 Å². The minimum Gasteiger partial charge on any atom is -0.383 e. The zero-order valence-electron chi connectivity index (χ0n) is 9.83. The molecule has 0 saturated heterocycles. The standard InChI is InChI=1S/C11H15Br2NO2S/c1-3-14(4-5-16-2)7-9(15)8-6-10(12)17-11(8)13/h6H,3-5,7H2,1-2H3. The zero-order valence-corrected chi connectivity index (χ0v) is 13.8. The lowest BCUT2D eigenvalue weighted by Crippen LogP contribution is -2.32. The lowest BCUT2D eigenvalue weighted by Gasteiger charge is -2.18. The van der Waals surface area contributed by atoms with Crippen molar-refractivity contribution in [3.8, 4) is 0 Å². The quantitative estimate of drug-likeness (QED) is 0.674. The van der Waals surface area contributed by atoms with E-state index in [1.165, 1.54) is 11.3 Å². The molecule has 1 aromatic heterocycles. The zero-order chi connectivity index (χ0) is 12.8. The number of thiophene rings is 1. The highest BCUT2D eigenvalue weighted by molar-refractivity contribution is 9.12. The van der Waals surface area contributed by atoms with E-state index in [1.807, 2.05) is 13.0 Å². The third kappa shape index (κ3) is 4.79.